The third-order valence-electron chi connectivity index (χ3n) is 3.78. The van der Waals surface area contributed by atoms with Gasteiger partial charge in [0.1, 0.15) is 7.28 Å². The van der Waals surface area contributed by atoms with E-state index in [0.29, 0.717) is 0 Å². The average Bonchev–Trinajstić information content (AvgIpc) is 2.66. The van der Waals surface area contributed by atoms with Crippen LogP contribution in [0.3, 0.4) is 0 Å². The zero-order valence-electron chi connectivity index (χ0n) is 16.3. The molecule has 0 spiro atoms. The molecule has 0 atom stereocenters. The predicted octanol–water partition coefficient (Wildman–Crippen LogP) is 7.22. The highest BCUT2D eigenvalue weighted by atomic mass is 14.2. The fourth-order valence-corrected chi connectivity index (χ4v) is 2.66. The minimum absolute atomic E-state index is 0.755. The third-order valence-corrected chi connectivity index (χ3v) is 3.78. The molecule has 0 saturated carbocycles. The first-order valence-electron chi connectivity index (χ1n) is 8.64. The van der Waals surface area contributed by atoms with Crippen LogP contribution in [0.4, 0.5) is 0 Å². The van der Waals surface area contributed by atoms with Crippen molar-refractivity contribution in [1.29, 1.82) is 0 Å². The van der Waals surface area contributed by atoms with Crippen LogP contribution in [0.15, 0.2) is 134 Å². The van der Waals surface area contributed by atoms with Crippen LogP contribution in [0.2, 0.25) is 6.82 Å². The highest BCUT2D eigenvalue weighted by molar-refractivity contribution is 6.46. The molecule has 0 aromatic heterocycles. The zero-order valence-corrected chi connectivity index (χ0v) is 16.3. The summed E-state index contributed by atoms with van der Waals surface area (Å²) < 4.78 is 0. The van der Waals surface area contributed by atoms with Gasteiger partial charge >= 0.3 is 0 Å². The monoisotopic (exact) mass is 341 g/mol. The van der Waals surface area contributed by atoms with Gasteiger partial charge in [-0.25, -0.2) is 0 Å². The molecule has 0 heterocycles. The van der Waals surface area contributed by atoms with Crippen molar-refractivity contribution in [3.8, 4) is 0 Å². The van der Waals surface area contributed by atoms with Gasteiger partial charge in [-0.2, -0.15) is 0 Å². The first-order valence-corrected chi connectivity index (χ1v) is 8.64. The molecule has 0 aliphatic carbocycles. The summed E-state index contributed by atoms with van der Waals surface area (Å²) in [4.78, 5) is 0. The molecule has 26 heavy (non-hydrogen) atoms. The maximum atomic E-state index is 4.04. The van der Waals surface area contributed by atoms with E-state index in [2.05, 4.69) is 52.8 Å². The number of hydrogen-bond donors (Lipinski definition) is 0. The molecule has 0 N–H and O–H groups in total. The predicted molar refractivity (Wildman–Crippen MR) is 122 cm³/mol. The van der Waals surface area contributed by atoms with Gasteiger partial charge in [0.15, 0.2) is 0 Å². The zero-order chi connectivity index (χ0) is 19.9. The number of rotatable bonds is 12. The van der Waals surface area contributed by atoms with Gasteiger partial charge in [0.2, 0.25) is 0 Å². The van der Waals surface area contributed by atoms with Gasteiger partial charge in [0.25, 0.3) is 0 Å². The summed E-state index contributed by atoms with van der Waals surface area (Å²) in [6, 6.07) is 0. The Labute approximate surface area is 161 Å². The molecule has 0 rings (SSSR count). The van der Waals surface area contributed by atoms with Gasteiger partial charge < -0.3 is 0 Å². The Morgan fingerprint density at radius 2 is 1.46 bits per heavy atom. The average molecular weight is 341 g/mol. The second-order valence-electron chi connectivity index (χ2n) is 5.33. The van der Waals surface area contributed by atoms with Crippen molar-refractivity contribution in [2.45, 2.75) is 20.2 Å². The molecular formula is C25H30B. The van der Waals surface area contributed by atoms with E-state index in [1.54, 1.807) is 6.08 Å². The van der Waals surface area contributed by atoms with E-state index in [9.17, 15) is 0 Å². The molecule has 0 aliphatic heterocycles. The normalized spacial score (nSPS) is 12.7. The summed E-state index contributed by atoms with van der Waals surface area (Å²) in [6.45, 7) is 27.6. The van der Waals surface area contributed by atoms with Crippen molar-refractivity contribution in [2.75, 3.05) is 0 Å². The molecule has 1 radical (unpaired) electrons. The second kappa shape index (κ2) is 13.5. The Morgan fingerprint density at radius 3 is 1.85 bits per heavy atom. The maximum Gasteiger partial charge on any atom is 0.149 e. The Hall–Kier alpha value is -2.80. The second-order valence-corrected chi connectivity index (χ2v) is 5.33. The molecule has 0 nitrogen and oxygen atoms in total. The van der Waals surface area contributed by atoms with Gasteiger partial charge in [-0.05, 0) is 35.6 Å². The minimum Gasteiger partial charge on any atom is -0.103 e. The van der Waals surface area contributed by atoms with E-state index < -0.39 is 0 Å². The quantitative estimate of drug-likeness (QED) is 0.200. The highest BCUT2D eigenvalue weighted by Gasteiger charge is 2.16. The van der Waals surface area contributed by atoms with Crippen molar-refractivity contribution >= 4 is 7.28 Å². The summed E-state index contributed by atoms with van der Waals surface area (Å²) in [5, 5.41) is 0. The lowest BCUT2D eigenvalue weighted by Gasteiger charge is -2.20. The third kappa shape index (κ3) is 6.25. The van der Waals surface area contributed by atoms with E-state index >= 15 is 0 Å². The molecule has 0 amide bonds. The van der Waals surface area contributed by atoms with Crippen molar-refractivity contribution in [3.05, 3.63) is 134 Å². The van der Waals surface area contributed by atoms with Crippen LogP contribution in [0, 0.1) is 0 Å². The van der Waals surface area contributed by atoms with Crippen molar-refractivity contribution < 1.29 is 0 Å². The molecule has 1 heteroatoms. The van der Waals surface area contributed by atoms with E-state index in [0.717, 1.165) is 39.8 Å². The Kier molecular flexibility index (Phi) is 12.0. The van der Waals surface area contributed by atoms with Crippen molar-refractivity contribution in [2.24, 2.45) is 0 Å². The van der Waals surface area contributed by atoms with Gasteiger partial charge in [-0.1, -0.05) is 112 Å². The molecule has 0 fully saturated rings. The number of hydrogen-bond acceptors (Lipinski definition) is 0. The SMILES string of the molecule is C=C/C=C\C(C=C)=C(/C=C)C(=C(C=C)C=C)/C([B]C)=C(/C=C\C)CC=C. The molecule has 0 unspecified atom stereocenters. The summed E-state index contributed by atoms with van der Waals surface area (Å²) in [5.74, 6) is 0. The molecule has 0 saturated heterocycles. The largest absolute Gasteiger partial charge is 0.149 e. The summed E-state index contributed by atoms with van der Waals surface area (Å²) in [6.07, 6.45) is 19.7. The lowest BCUT2D eigenvalue weighted by atomic mass is 9.63. The molecule has 0 aromatic rings. The topological polar surface area (TPSA) is 0 Å². The van der Waals surface area contributed by atoms with Crippen LogP contribution in [0.25, 0.3) is 0 Å². The highest BCUT2D eigenvalue weighted by Crippen LogP contribution is 2.32. The lowest BCUT2D eigenvalue weighted by molar-refractivity contribution is 1.25. The fourth-order valence-electron chi connectivity index (χ4n) is 2.66. The molecule has 0 bridgehead atoms. The smallest absolute Gasteiger partial charge is 0.103 e. The van der Waals surface area contributed by atoms with E-state index in [4.69, 9.17) is 0 Å². The Morgan fingerprint density at radius 1 is 0.846 bits per heavy atom. The van der Waals surface area contributed by atoms with Crippen LogP contribution >= 0.6 is 0 Å². The molecular weight excluding hydrogens is 311 g/mol. The molecule has 0 aliphatic rings. The summed E-state index contributed by atoms with van der Waals surface area (Å²) >= 11 is 0. The standard InChI is InChI=1S/C25H30B/c1-9-16-19-21(14-6)23(15-7)24(20(12-4)13-5)25(26-8)22(17-10-2)18-11-3/h9-16,18-19H,1-2,4-7,17H2,3,8H3/b18-11-,19-16-,23-21+,25-22-. The molecule has 0 aromatic carbocycles. The minimum atomic E-state index is 0.755. The van der Waals surface area contributed by atoms with Crippen LogP contribution < -0.4 is 0 Å². The number of allylic oxidation sites excluding steroid dienone is 16. The Bertz CT molecular complexity index is 705. The van der Waals surface area contributed by atoms with Gasteiger partial charge in [-0.3, -0.25) is 0 Å². The lowest BCUT2D eigenvalue weighted by Crippen LogP contribution is -2.06. The van der Waals surface area contributed by atoms with Crippen molar-refractivity contribution in [1.82, 2.24) is 0 Å². The first-order chi connectivity index (χ1) is 12.6. The van der Waals surface area contributed by atoms with Gasteiger partial charge in [-0.15, -0.1) is 6.58 Å². The van der Waals surface area contributed by atoms with Gasteiger partial charge in [0, 0.05) is 0 Å². The van der Waals surface area contributed by atoms with E-state index in [1.807, 2.05) is 62.4 Å². The molecule has 133 valence electrons. The maximum absolute atomic E-state index is 4.04. The van der Waals surface area contributed by atoms with Gasteiger partial charge in [0.05, 0.1) is 0 Å². The Balaban J connectivity index is 7.25. The fraction of sp³-hybridized carbons (Fsp3) is 0.120. The van der Waals surface area contributed by atoms with E-state index in [1.165, 1.54) is 0 Å². The van der Waals surface area contributed by atoms with Crippen LogP contribution in [0.1, 0.15) is 13.3 Å². The first kappa shape index (κ1) is 23.2. The van der Waals surface area contributed by atoms with Crippen LogP contribution in [0.5, 0.6) is 0 Å². The van der Waals surface area contributed by atoms with Crippen LogP contribution in [-0.4, -0.2) is 7.28 Å². The van der Waals surface area contributed by atoms with Crippen LogP contribution in [-0.2, 0) is 0 Å². The van der Waals surface area contributed by atoms with Crippen molar-refractivity contribution in [3.63, 3.8) is 0 Å². The van der Waals surface area contributed by atoms with E-state index in [-0.39, 0.29) is 0 Å². The summed E-state index contributed by atoms with van der Waals surface area (Å²) in [7, 11) is 2.10. The summed E-state index contributed by atoms with van der Waals surface area (Å²) in [5.41, 5.74) is 6.13.